The molecule has 0 aromatic carbocycles. The molecule has 2 aromatic rings. The van der Waals surface area contributed by atoms with Crippen molar-refractivity contribution in [3.63, 3.8) is 0 Å². The Morgan fingerprint density at radius 1 is 1.44 bits per heavy atom. The molecule has 0 fully saturated rings. The lowest BCUT2D eigenvalue weighted by Crippen LogP contribution is -2.14. The highest BCUT2D eigenvalue weighted by atomic mass is 32.1. The summed E-state index contributed by atoms with van der Waals surface area (Å²) >= 11 is 1.60. The molecule has 5 heteroatoms. The summed E-state index contributed by atoms with van der Waals surface area (Å²) in [5.41, 5.74) is 0. The molecule has 0 spiro atoms. The number of hydrogen-bond acceptors (Lipinski definition) is 5. The third-order valence-electron chi connectivity index (χ3n) is 2.19. The number of nitrogens with zero attached hydrogens (tertiary/aromatic N) is 2. The minimum atomic E-state index is 0.801. The maximum atomic E-state index is 5.27. The standard InChI is InChI=1S/C11H15N3OS/c1-2-12-7-3-6-10-13-14-11(16-10)9-5-4-8-15-9/h4-5,8,12H,2-3,6-7H2,1H3. The number of aromatic nitrogens is 2. The van der Waals surface area contributed by atoms with Crippen LogP contribution in [0.3, 0.4) is 0 Å². The lowest BCUT2D eigenvalue weighted by atomic mass is 10.3. The summed E-state index contributed by atoms with van der Waals surface area (Å²) in [6.07, 6.45) is 3.73. The molecule has 0 bridgehead atoms. The molecule has 2 heterocycles. The lowest BCUT2D eigenvalue weighted by Gasteiger charge is -1.97. The van der Waals surface area contributed by atoms with Crippen molar-refractivity contribution in [2.75, 3.05) is 13.1 Å². The molecule has 0 saturated carbocycles. The van der Waals surface area contributed by atoms with E-state index in [9.17, 15) is 0 Å². The van der Waals surface area contributed by atoms with E-state index in [0.717, 1.165) is 41.7 Å². The lowest BCUT2D eigenvalue weighted by molar-refractivity contribution is 0.581. The van der Waals surface area contributed by atoms with Crippen molar-refractivity contribution in [1.82, 2.24) is 15.5 Å². The predicted octanol–water partition coefficient (Wildman–Crippen LogP) is 2.34. The van der Waals surface area contributed by atoms with Gasteiger partial charge >= 0.3 is 0 Å². The average molecular weight is 237 g/mol. The first-order valence-electron chi connectivity index (χ1n) is 5.47. The largest absolute Gasteiger partial charge is 0.462 e. The minimum absolute atomic E-state index is 0.801. The molecule has 1 N–H and O–H groups in total. The molecule has 0 radical (unpaired) electrons. The molecule has 0 aliphatic rings. The van der Waals surface area contributed by atoms with E-state index in [4.69, 9.17) is 4.42 Å². The van der Waals surface area contributed by atoms with Crippen molar-refractivity contribution in [3.05, 3.63) is 23.4 Å². The van der Waals surface area contributed by atoms with Crippen LogP contribution in [0, 0.1) is 0 Å². The summed E-state index contributed by atoms with van der Waals surface area (Å²) in [4.78, 5) is 0. The molecule has 0 atom stereocenters. The highest BCUT2D eigenvalue weighted by Gasteiger charge is 2.08. The first-order chi connectivity index (χ1) is 7.90. The van der Waals surface area contributed by atoms with Crippen LogP contribution < -0.4 is 5.32 Å². The molecule has 0 saturated heterocycles. The van der Waals surface area contributed by atoms with Crippen molar-refractivity contribution >= 4 is 11.3 Å². The quantitative estimate of drug-likeness (QED) is 0.783. The van der Waals surface area contributed by atoms with Gasteiger partial charge in [0.2, 0.25) is 0 Å². The molecule has 2 rings (SSSR count). The Labute approximate surface area is 98.7 Å². The van der Waals surface area contributed by atoms with Crippen molar-refractivity contribution in [2.45, 2.75) is 19.8 Å². The smallest absolute Gasteiger partial charge is 0.183 e. The van der Waals surface area contributed by atoms with Gasteiger partial charge < -0.3 is 9.73 Å². The van der Waals surface area contributed by atoms with E-state index < -0.39 is 0 Å². The van der Waals surface area contributed by atoms with E-state index in [2.05, 4.69) is 22.4 Å². The van der Waals surface area contributed by atoms with Gasteiger partial charge in [0.15, 0.2) is 10.8 Å². The van der Waals surface area contributed by atoms with Crippen LogP contribution in [0.1, 0.15) is 18.4 Å². The van der Waals surface area contributed by atoms with Crippen LogP contribution in [-0.2, 0) is 6.42 Å². The molecule has 0 unspecified atom stereocenters. The number of aryl methyl sites for hydroxylation is 1. The summed E-state index contributed by atoms with van der Waals surface area (Å²) in [5.74, 6) is 0.801. The number of rotatable bonds is 6. The van der Waals surface area contributed by atoms with Gasteiger partial charge in [0.1, 0.15) is 5.01 Å². The second-order valence-electron chi connectivity index (χ2n) is 3.44. The van der Waals surface area contributed by atoms with E-state index in [0.29, 0.717) is 0 Å². The van der Waals surface area contributed by atoms with E-state index in [1.165, 1.54) is 0 Å². The van der Waals surface area contributed by atoms with E-state index in [1.54, 1.807) is 17.6 Å². The monoisotopic (exact) mass is 237 g/mol. The minimum Gasteiger partial charge on any atom is -0.462 e. The van der Waals surface area contributed by atoms with Gasteiger partial charge in [-0.1, -0.05) is 18.3 Å². The Balaban J connectivity index is 1.88. The average Bonchev–Trinajstić information content (AvgIpc) is 2.94. The Morgan fingerprint density at radius 3 is 3.12 bits per heavy atom. The predicted molar refractivity (Wildman–Crippen MR) is 64.5 cm³/mol. The van der Waals surface area contributed by atoms with Crippen LogP contribution >= 0.6 is 11.3 Å². The van der Waals surface area contributed by atoms with E-state index >= 15 is 0 Å². The van der Waals surface area contributed by atoms with Crippen LogP contribution in [0.4, 0.5) is 0 Å². The molecule has 0 aliphatic carbocycles. The fourth-order valence-corrected chi connectivity index (χ4v) is 2.25. The maximum absolute atomic E-state index is 5.27. The van der Waals surface area contributed by atoms with Gasteiger partial charge in [0, 0.05) is 6.42 Å². The fraction of sp³-hybridized carbons (Fsp3) is 0.455. The Hall–Kier alpha value is -1.20. The maximum Gasteiger partial charge on any atom is 0.183 e. The van der Waals surface area contributed by atoms with Gasteiger partial charge in [-0.3, -0.25) is 0 Å². The zero-order valence-electron chi connectivity index (χ0n) is 9.27. The van der Waals surface area contributed by atoms with Gasteiger partial charge in [-0.05, 0) is 31.6 Å². The molecular weight excluding hydrogens is 222 g/mol. The molecule has 0 amide bonds. The van der Waals surface area contributed by atoms with Gasteiger partial charge in [0.05, 0.1) is 6.26 Å². The second kappa shape index (κ2) is 5.77. The summed E-state index contributed by atoms with van der Waals surface area (Å²) in [5, 5.41) is 13.5. The number of hydrogen-bond donors (Lipinski definition) is 1. The summed E-state index contributed by atoms with van der Waals surface area (Å²) in [7, 11) is 0. The summed E-state index contributed by atoms with van der Waals surface area (Å²) < 4.78 is 5.27. The SMILES string of the molecule is CCNCCCc1nnc(-c2ccco2)s1. The van der Waals surface area contributed by atoms with Crippen molar-refractivity contribution in [2.24, 2.45) is 0 Å². The number of nitrogens with one attached hydrogen (secondary N) is 1. The molecule has 86 valence electrons. The van der Waals surface area contributed by atoms with Crippen LogP contribution in [0.15, 0.2) is 22.8 Å². The van der Waals surface area contributed by atoms with Crippen molar-refractivity contribution < 1.29 is 4.42 Å². The zero-order valence-corrected chi connectivity index (χ0v) is 10.1. The van der Waals surface area contributed by atoms with Crippen LogP contribution in [-0.4, -0.2) is 23.3 Å². The summed E-state index contributed by atoms with van der Waals surface area (Å²) in [6.45, 7) is 4.17. The van der Waals surface area contributed by atoms with Gasteiger partial charge in [0.25, 0.3) is 0 Å². The topological polar surface area (TPSA) is 51.0 Å². The molecule has 16 heavy (non-hydrogen) atoms. The first kappa shape index (κ1) is 11.3. The number of furan rings is 1. The molecular formula is C11H15N3OS. The third kappa shape index (κ3) is 2.90. The van der Waals surface area contributed by atoms with Crippen molar-refractivity contribution in [3.8, 4) is 10.8 Å². The normalized spacial score (nSPS) is 10.8. The Bertz CT molecular complexity index is 411. The molecule has 2 aromatic heterocycles. The van der Waals surface area contributed by atoms with Gasteiger partial charge in [-0.15, -0.1) is 10.2 Å². The zero-order chi connectivity index (χ0) is 11.2. The van der Waals surface area contributed by atoms with Crippen LogP contribution in [0.2, 0.25) is 0 Å². The fourth-order valence-electron chi connectivity index (χ4n) is 1.40. The van der Waals surface area contributed by atoms with Crippen LogP contribution in [0.5, 0.6) is 0 Å². The first-order valence-corrected chi connectivity index (χ1v) is 6.28. The third-order valence-corrected chi connectivity index (χ3v) is 3.19. The van der Waals surface area contributed by atoms with E-state index in [1.807, 2.05) is 12.1 Å². The van der Waals surface area contributed by atoms with Gasteiger partial charge in [-0.2, -0.15) is 0 Å². The van der Waals surface area contributed by atoms with Gasteiger partial charge in [-0.25, -0.2) is 0 Å². The summed E-state index contributed by atoms with van der Waals surface area (Å²) in [6, 6.07) is 3.77. The Kier molecular flexibility index (Phi) is 4.07. The highest BCUT2D eigenvalue weighted by molar-refractivity contribution is 7.14. The van der Waals surface area contributed by atoms with E-state index in [-0.39, 0.29) is 0 Å². The Morgan fingerprint density at radius 2 is 2.38 bits per heavy atom. The highest BCUT2D eigenvalue weighted by Crippen LogP contribution is 2.24. The molecule has 4 nitrogen and oxygen atoms in total. The molecule has 0 aliphatic heterocycles. The second-order valence-corrected chi connectivity index (χ2v) is 4.50. The van der Waals surface area contributed by atoms with Crippen molar-refractivity contribution in [1.29, 1.82) is 0 Å². The van der Waals surface area contributed by atoms with Crippen LogP contribution in [0.25, 0.3) is 10.8 Å².